The molecule has 2 aromatic carbocycles. The second-order valence-electron chi connectivity index (χ2n) is 6.31. The van der Waals surface area contributed by atoms with Gasteiger partial charge in [-0.3, -0.25) is 9.59 Å². The first kappa shape index (κ1) is 17.6. The molecule has 0 atom stereocenters. The highest BCUT2D eigenvalue weighted by Crippen LogP contribution is 2.42. The second kappa shape index (κ2) is 6.44. The molecular formula is C20H15NO4S2. The first-order valence-corrected chi connectivity index (χ1v) is 10.7. The number of amides is 1. The third kappa shape index (κ3) is 3.20. The van der Waals surface area contributed by atoms with E-state index in [0.29, 0.717) is 32.2 Å². The first-order chi connectivity index (χ1) is 12.8. The molecule has 1 N–H and O–H groups in total. The standard InChI is InChI=1S/C20H15NO4S2/c1-12(22)13-5-4-6-15(9-13)21-20(23)17-10-14-11-27(24,25)18-8-3-2-7-16(18)19(14)26-17/h2-10H,11H2,1H3,(H,21,23). The number of hydrogen-bond donors (Lipinski definition) is 1. The molecule has 7 heteroatoms. The number of fused-ring (bicyclic) bond motifs is 3. The number of nitrogens with one attached hydrogen (secondary N) is 1. The summed E-state index contributed by atoms with van der Waals surface area (Å²) in [7, 11) is -3.40. The van der Waals surface area contributed by atoms with Gasteiger partial charge in [0.05, 0.1) is 15.5 Å². The Kier molecular flexibility index (Phi) is 4.20. The average Bonchev–Trinajstić information content (AvgIpc) is 3.05. The lowest BCUT2D eigenvalue weighted by Crippen LogP contribution is -2.11. The third-order valence-corrected chi connectivity index (χ3v) is 7.30. The van der Waals surface area contributed by atoms with E-state index in [-0.39, 0.29) is 17.4 Å². The van der Waals surface area contributed by atoms with Crippen molar-refractivity contribution in [3.63, 3.8) is 0 Å². The van der Waals surface area contributed by atoms with Gasteiger partial charge in [-0.1, -0.05) is 30.3 Å². The Bertz CT molecular complexity index is 1190. The third-order valence-electron chi connectivity index (χ3n) is 4.37. The Morgan fingerprint density at radius 2 is 1.81 bits per heavy atom. The maximum absolute atomic E-state index is 12.7. The predicted octanol–water partition coefficient (Wildman–Crippen LogP) is 4.16. The van der Waals surface area contributed by atoms with Crippen LogP contribution in [0.1, 0.15) is 32.5 Å². The molecule has 0 saturated carbocycles. The van der Waals surface area contributed by atoms with Crippen LogP contribution in [0.15, 0.2) is 59.5 Å². The van der Waals surface area contributed by atoms with Crippen molar-refractivity contribution in [2.75, 3.05) is 5.32 Å². The van der Waals surface area contributed by atoms with Crippen LogP contribution in [0.3, 0.4) is 0 Å². The fourth-order valence-corrected chi connectivity index (χ4v) is 5.95. The molecular weight excluding hydrogens is 382 g/mol. The minimum atomic E-state index is -3.40. The van der Waals surface area contributed by atoms with Crippen molar-refractivity contribution in [3.8, 4) is 10.4 Å². The van der Waals surface area contributed by atoms with E-state index in [0.717, 1.165) is 4.88 Å². The van der Waals surface area contributed by atoms with Gasteiger partial charge >= 0.3 is 0 Å². The molecule has 0 radical (unpaired) electrons. The first-order valence-electron chi connectivity index (χ1n) is 8.22. The smallest absolute Gasteiger partial charge is 0.265 e. The molecule has 27 heavy (non-hydrogen) atoms. The molecule has 0 aliphatic carbocycles. The molecule has 2 heterocycles. The average molecular weight is 397 g/mol. The van der Waals surface area contributed by atoms with Crippen molar-refractivity contribution < 1.29 is 18.0 Å². The van der Waals surface area contributed by atoms with Crippen molar-refractivity contribution in [1.29, 1.82) is 0 Å². The van der Waals surface area contributed by atoms with E-state index in [1.807, 2.05) is 0 Å². The molecule has 4 rings (SSSR count). The molecule has 0 spiro atoms. The van der Waals surface area contributed by atoms with Gasteiger partial charge in [0, 0.05) is 21.7 Å². The van der Waals surface area contributed by atoms with E-state index in [1.165, 1.54) is 18.3 Å². The molecule has 0 bridgehead atoms. The van der Waals surface area contributed by atoms with Crippen molar-refractivity contribution in [2.45, 2.75) is 17.6 Å². The molecule has 1 aromatic heterocycles. The Balaban J connectivity index is 1.68. The number of hydrogen-bond acceptors (Lipinski definition) is 5. The van der Waals surface area contributed by atoms with Gasteiger partial charge in [0.25, 0.3) is 5.91 Å². The molecule has 1 aliphatic rings. The largest absolute Gasteiger partial charge is 0.321 e. The summed E-state index contributed by atoms with van der Waals surface area (Å²) in [5.41, 5.74) is 2.31. The fraction of sp³-hybridized carbons (Fsp3) is 0.100. The quantitative estimate of drug-likeness (QED) is 0.673. The fourth-order valence-electron chi connectivity index (χ4n) is 3.09. The Morgan fingerprint density at radius 1 is 1.04 bits per heavy atom. The Hall–Kier alpha value is -2.77. The van der Waals surface area contributed by atoms with Gasteiger partial charge in [-0.05, 0) is 36.8 Å². The highest BCUT2D eigenvalue weighted by Gasteiger charge is 2.30. The van der Waals surface area contributed by atoms with E-state index < -0.39 is 9.84 Å². The van der Waals surface area contributed by atoms with Crippen LogP contribution in [0, 0.1) is 0 Å². The number of carbonyl (C=O) groups is 2. The van der Waals surface area contributed by atoms with Crippen molar-refractivity contribution in [3.05, 3.63) is 70.6 Å². The molecule has 0 unspecified atom stereocenters. The highest BCUT2D eigenvalue weighted by atomic mass is 32.2. The van der Waals surface area contributed by atoms with Crippen LogP contribution >= 0.6 is 11.3 Å². The van der Waals surface area contributed by atoms with Gasteiger partial charge in [0.15, 0.2) is 15.6 Å². The predicted molar refractivity (Wildman–Crippen MR) is 105 cm³/mol. The minimum absolute atomic E-state index is 0.0838. The Labute approximate surface area is 160 Å². The lowest BCUT2D eigenvalue weighted by atomic mass is 10.1. The maximum atomic E-state index is 12.7. The number of carbonyl (C=O) groups excluding carboxylic acids is 2. The lowest BCUT2D eigenvalue weighted by Gasteiger charge is -2.15. The summed E-state index contributed by atoms with van der Waals surface area (Å²) in [6.45, 7) is 1.46. The van der Waals surface area contributed by atoms with Gasteiger partial charge in [-0.25, -0.2) is 8.42 Å². The number of ketones is 1. The summed E-state index contributed by atoms with van der Waals surface area (Å²) < 4.78 is 25.0. The van der Waals surface area contributed by atoms with Crippen LogP contribution in [0.2, 0.25) is 0 Å². The van der Waals surface area contributed by atoms with Crippen molar-refractivity contribution >= 4 is 38.6 Å². The molecule has 136 valence electrons. The highest BCUT2D eigenvalue weighted by molar-refractivity contribution is 7.91. The summed E-state index contributed by atoms with van der Waals surface area (Å²) in [5.74, 6) is -0.521. The number of rotatable bonds is 3. The van der Waals surface area contributed by atoms with E-state index in [4.69, 9.17) is 0 Å². The van der Waals surface area contributed by atoms with Crippen molar-refractivity contribution in [1.82, 2.24) is 0 Å². The van der Waals surface area contributed by atoms with Crippen LogP contribution < -0.4 is 5.32 Å². The second-order valence-corrected chi connectivity index (χ2v) is 9.32. The minimum Gasteiger partial charge on any atom is -0.321 e. The monoisotopic (exact) mass is 397 g/mol. The SMILES string of the molecule is CC(=O)c1cccc(NC(=O)c2cc3c(s2)-c2ccccc2S(=O)(=O)C3)c1. The normalized spacial score (nSPS) is 14.1. The molecule has 5 nitrogen and oxygen atoms in total. The van der Waals surface area contributed by atoms with Crippen LogP contribution in [0.5, 0.6) is 0 Å². The molecule has 1 amide bonds. The van der Waals surface area contributed by atoms with Gasteiger partial charge in [-0.15, -0.1) is 11.3 Å². The van der Waals surface area contributed by atoms with Gasteiger partial charge in [0.1, 0.15) is 0 Å². The summed E-state index contributed by atoms with van der Waals surface area (Å²) in [4.78, 5) is 25.7. The van der Waals surface area contributed by atoms with Crippen LogP contribution in [-0.2, 0) is 15.6 Å². The van der Waals surface area contributed by atoms with Crippen molar-refractivity contribution in [2.24, 2.45) is 0 Å². The van der Waals surface area contributed by atoms with Crippen LogP contribution in [-0.4, -0.2) is 20.1 Å². The van der Waals surface area contributed by atoms with Gasteiger partial charge in [0.2, 0.25) is 0 Å². The van der Waals surface area contributed by atoms with Crippen LogP contribution in [0.4, 0.5) is 5.69 Å². The van der Waals surface area contributed by atoms with Crippen LogP contribution in [0.25, 0.3) is 10.4 Å². The van der Waals surface area contributed by atoms with E-state index in [9.17, 15) is 18.0 Å². The number of Topliss-reactive ketones (excluding diaryl/α,β-unsaturated/α-hetero) is 1. The zero-order valence-electron chi connectivity index (χ0n) is 14.4. The van der Waals surface area contributed by atoms with E-state index in [2.05, 4.69) is 5.32 Å². The zero-order chi connectivity index (χ0) is 19.2. The molecule has 1 aliphatic heterocycles. The molecule has 0 saturated heterocycles. The summed E-state index contributed by atoms with van der Waals surface area (Å²) in [6, 6.07) is 15.2. The number of thiophene rings is 1. The lowest BCUT2D eigenvalue weighted by molar-refractivity contribution is 0.101. The molecule has 3 aromatic rings. The van der Waals surface area contributed by atoms with E-state index in [1.54, 1.807) is 54.6 Å². The number of anilines is 1. The number of benzene rings is 2. The summed E-state index contributed by atoms with van der Waals surface area (Å²) >= 11 is 1.27. The maximum Gasteiger partial charge on any atom is 0.265 e. The number of sulfone groups is 1. The topological polar surface area (TPSA) is 80.3 Å². The Morgan fingerprint density at radius 3 is 2.59 bits per heavy atom. The van der Waals surface area contributed by atoms with Gasteiger partial charge in [-0.2, -0.15) is 0 Å². The molecule has 0 fully saturated rings. The van der Waals surface area contributed by atoms with Gasteiger partial charge < -0.3 is 5.32 Å². The van der Waals surface area contributed by atoms with E-state index >= 15 is 0 Å². The summed E-state index contributed by atoms with van der Waals surface area (Å²) in [6.07, 6.45) is 0. The summed E-state index contributed by atoms with van der Waals surface area (Å²) in [5, 5.41) is 2.78. The zero-order valence-corrected chi connectivity index (χ0v) is 16.0.